The van der Waals surface area contributed by atoms with E-state index in [9.17, 15) is 22.7 Å². The molecule has 1 atom stereocenters. The van der Waals surface area contributed by atoms with E-state index in [1.54, 1.807) is 12.1 Å². The SMILES string of the molecule is CC(C)COc1cc(F)cc(-c2ccc(C(=O)NS(=O)(=O)N3CC(C)(O)C3)c(N3C[C@@H](C)CC3(C)C)n2)c1. The summed E-state index contributed by atoms with van der Waals surface area (Å²) >= 11 is 0. The highest BCUT2D eigenvalue weighted by atomic mass is 32.2. The lowest BCUT2D eigenvalue weighted by molar-refractivity contribution is -0.0431. The van der Waals surface area contributed by atoms with Crippen molar-refractivity contribution in [1.82, 2.24) is 14.0 Å². The van der Waals surface area contributed by atoms with Crippen molar-refractivity contribution in [1.29, 1.82) is 0 Å². The highest BCUT2D eigenvalue weighted by Crippen LogP contribution is 2.38. The van der Waals surface area contributed by atoms with E-state index in [2.05, 4.69) is 11.6 Å². The largest absolute Gasteiger partial charge is 0.493 e. The summed E-state index contributed by atoms with van der Waals surface area (Å²) in [5, 5.41) is 9.94. The van der Waals surface area contributed by atoms with Gasteiger partial charge in [0.1, 0.15) is 17.4 Å². The zero-order valence-electron chi connectivity index (χ0n) is 22.8. The lowest BCUT2D eigenvalue weighted by Gasteiger charge is -2.42. The molecule has 1 aromatic heterocycles. The molecule has 0 bridgehead atoms. The molecule has 0 saturated carbocycles. The first-order valence-corrected chi connectivity index (χ1v) is 14.3. The number of hydrogen-bond acceptors (Lipinski definition) is 7. The van der Waals surface area contributed by atoms with E-state index in [1.165, 1.54) is 25.1 Å². The Morgan fingerprint density at radius 1 is 1.24 bits per heavy atom. The highest BCUT2D eigenvalue weighted by molar-refractivity contribution is 7.87. The Morgan fingerprint density at radius 3 is 2.50 bits per heavy atom. The average Bonchev–Trinajstić information content (AvgIpc) is 3.06. The molecule has 2 aliphatic heterocycles. The van der Waals surface area contributed by atoms with Gasteiger partial charge in [0.25, 0.3) is 5.91 Å². The normalized spacial score (nSPS) is 20.9. The molecule has 3 heterocycles. The van der Waals surface area contributed by atoms with Gasteiger partial charge in [0.2, 0.25) is 0 Å². The second-order valence-electron chi connectivity index (χ2n) is 11.9. The molecule has 208 valence electrons. The zero-order chi connectivity index (χ0) is 28.0. The second kappa shape index (κ2) is 10.1. The van der Waals surface area contributed by atoms with Crippen molar-refractivity contribution in [2.45, 2.75) is 59.1 Å². The first-order chi connectivity index (χ1) is 17.6. The van der Waals surface area contributed by atoms with Gasteiger partial charge in [-0.25, -0.2) is 14.1 Å². The number of nitrogens with zero attached hydrogens (tertiary/aromatic N) is 3. The van der Waals surface area contributed by atoms with Crippen molar-refractivity contribution < 1.29 is 27.4 Å². The number of amides is 1. The minimum absolute atomic E-state index is 0.0967. The summed E-state index contributed by atoms with van der Waals surface area (Å²) in [5.74, 6) is 0.00437. The predicted octanol–water partition coefficient (Wildman–Crippen LogP) is 3.59. The molecule has 2 saturated heterocycles. The topological polar surface area (TPSA) is 112 Å². The summed E-state index contributed by atoms with van der Waals surface area (Å²) in [4.78, 5) is 20.1. The Morgan fingerprint density at radius 2 is 1.92 bits per heavy atom. The number of pyridine rings is 1. The number of carbonyl (C=O) groups excluding carboxylic acids is 1. The summed E-state index contributed by atoms with van der Waals surface area (Å²) < 4.78 is 48.9. The lowest BCUT2D eigenvalue weighted by atomic mass is 9.97. The molecule has 2 fully saturated rings. The van der Waals surface area contributed by atoms with Crippen LogP contribution in [0.25, 0.3) is 11.3 Å². The number of aromatic nitrogens is 1. The lowest BCUT2D eigenvalue weighted by Crippen LogP contribution is -2.64. The highest BCUT2D eigenvalue weighted by Gasteiger charge is 2.45. The van der Waals surface area contributed by atoms with E-state index in [-0.39, 0.29) is 30.1 Å². The van der Waals surface area contributed by atoms with Gasteiger partial charge in [-0.2, -0.15) is 12.7 Å². The quantitative estimate of drug-likeness (QED) is 0.519. The number of rotatable bonds is 8. The van der Waals surface area contributed by atoms with Crippen molar-refractivity contribution in [3.05, 3.63) is 41.7 Å². The maximum atomic E-state index is 14.5. The number of carbonyl (C=O) groups is 1. The molecule has 2 aliphatic rings. The first kappa shape index (κ1) is 28.3. The molecule has 38 heavy (non-hydrogen) atoms. The molecule has 0 unspecified atom stereocenters. The molecule has 0 aliphatic carbocycles. The Balaban J connectivity index is 1.72. The minimum Gasteiger partial charge on any atom is -0.493 e. The third kappa shape index (κ3) is 6.10. The van der Waals surface area contributed by atoms with Crippen LogP contribution in [0.4, 0.5) is 10.2 Å². The van der Waals surface area contributed by atoms with Gasteiger partial charge in [0.05, 0.1) is 23.5 Å². The molecule has 11 heteroatoms. The van der Waals surface area contributed by atoms with Crippen LogP contribution in [-0.4, -0.2) is 66.1 Å². The molecule has 2 N–H and O–H groups in total. The van der Waals surface area contributed by atoms with Crippen molar-refractivity contribution in [2.75, 3.05) is 31.1 Å². The number of β-amino-alcohol motifs (C(OH)–C–C–N with tert-alkyl or cyclic N) is 1. The van der Waals surface area contributed by atoms with Crippen LogP contribution in [0.2, 0.25) is 0 Å². The van der Waals surface area contributed by atoms with Gasteiger partial charge in [-0.15, -0.1) is 0 Å². The minimum atomic E-state index is -4.15. The van der Waals surface area contributed by atoms with Crippen LogP contribution in [0.1, 0.15) is 58.3 Å². The van der Waals surface area contributed by atoms with Crippen LogP contribution in [0.5, 0.6) is 5.75 Å². The van der Waals surface area contributed by atoms with Crippen molar-refractivity contribution in [3.63, 3.8) is 0 Å². The number of ether oxygens (including phenoxy) is 1. The average molecular weight is 549 g/mol. The molecule has 1 amide bonds. The first-order valence-electron chi connectivity index (χ1n) is 12.8. The molecule has 9 nitrogen and oxygen atoms in total. The van der Waals surface area contributed by atoms with Crippen LogP contribution >= 0.6 is 0 Å². The van der Waals surface area contributed by atoms with E-state index >= 15 is 0 Å². The molecular weight excluding hydrogens is 511 g/mol. The van der Waals surface area contributed by atoms with E-state index in [0.29, 0.717) is 41.9 Å². The Bertz CT molecular complexity index is 1320. The molecule has 0 radical (unpaired) electrons. The number of anilines is 1. The van der Waals surface area contributed by atoms with Crippen LogP contribution in [0, 0.1) is 17.7 Å². The predicted molar refractivity (Wildman–Crippen MR) is 144 cm³/mol. The molecule has 0 spiro atoms. The van der Waals surface area contributed by atoms with E-state index in [1.807, 2.05) is 32.6 Å². The van der Waals surface area contributed by atoms with Crippen LogP contribution in [-0.2, 0) is 10.2 Å². The third-order valence-electron chi connectivity index (χ3n) is 6.79. The summed E-state index contributed by atoms with van der Waals surface area (Å²) in [6.07, 6.45) is 0.855. The Labute approximate surface area is 224 Å². The number of aliphatic hydroxyl groups is 1. The number of hydrogen-bond donors (Lipinski definition) is 2. The monoisotopic (exact) mass is 548 g/mol. The fraction of sp³-hybridized carbons (Fsp3) is 0.556. The van der Waals surface area contributed by atoms with Gasteiger partial charge in [0, 0.05) is 36.8 Å². The number of halogens is 1. The Kier molecular flexibility index (Phi) is 7.50. The zero-order valence-corrected chi connectivity index (χ0v) is 23.6. The number of nitrogens with one attached hydrogen (secondary N) is 1. The summed E-state index contributed by atoms with van der Waals surface area (Å²) in [7, 11) is -4.15. The second-order valence-corrected chi connectivity index (χ2v) is 13.6. The van der Waals surface area contributed by atoms with E-state index < -0.39 is 27.5 Å². The van der Waals surface area contributed by atoms with Crippen molar-refractivity contribution in [3.8, 4) is 17.0 Å². The summed E-state index contributed by atoms with van der Waals surface area (Å²) in [6, 6.07) is 7.47. The third-order valence-corrected chi connectivity index (χ3v) is 8.18. The van der Waals surface area contributed by atoms with Gasteiger partial charge < -0.3 is 14.7 Å². The van der Waals surface area contributed by atoms with Gasteiger partial charge in [0.15, 0.2) is 0 Å². The standard InChI is InChI=1S/C27H37FN4O5S/c1-17(2)14-37-21-10-19(9-20(28)11-21)23-8-7-22(24(29-23)32-13-18(3)12-26(32,4)5)25(33)30-38(35,36)31-15-27(6,34)16-31/h7-11,17-18,34H,12-16H2,1-6H3,(H,30,33)/t18-/m0/s1. The van der Waals surface area contributed by atoms with Crippen LogP contribution in [0.15, 0.2) is 30.3 Å². The van der Waals surface area contributed by atoms with Gasteiger partial charge >= 0.3 is 10.2 Å². The fourth-order valence-electron chi connectivity index (χ4n) is 5.13. The molecule has 1 aromatic carbocycles. The maximum absolute atomic E-state index is 14.5. The van der Waals surface area contributed by atoms with Crippen LogP contribution < -0.4 is 14.4 Å². The van der Waals surface area contributed by atoms with E-state index in [0.717, 1.165) is 10.7 Å². The molecule has 2 aromatic rings. The number of benzene rings is 1. The van der Waals surface area contributed by atoms with E-state index in [4.69, 9.17) is 9.72 Å². The van der Waals surface area contributed by atoms with Gasteiger partial charge in [-0.3, -0.25) is 4.79 Å². The van der Waals surface area contributed by atoms with Crippen molar-refractivity contribution >= 4 is 21.9 Å². The van der Waals surface area contributed by atoms with Crippen molar-refractivity contribution in [2.24, 2.45) is 11.8 Å². The summed E-state index contributed by atoms with van der Waals surface area (Å²) in [6.45, 7) is 12.6. The molecular formula is C27H37FN4O5S. The van der Waals surface area contributed by atoms with Gasteiger partial charge in [-0.1, -0.05) is 20.8 Å². The summed E-state index contributed by atoms with van der Waals surface area (Å²) in [5.41, 5.74) is -0.452. The van der Waals surface area contributed by atoms with Gasteiger partial charge in [-0.05, 0) is 63.3 Å². The maximum Gasteiger partial charge on any atom is 0.304 e. The fourth-order valence-corrected chi connectivity index (χ4v) is 6.50. The smallest absolute Gasteiger partial charge is 0.304 e. The van der Waals surface area contributed by atoms with Crippen LogP contribution in [0.3, 0.4) is 0 Å². The molecule has 4 rings (SSSR count). The Hall–Kier alpha value is -2.76.